The van der Waals surface area contributed by atoms with Crippen LogP contribution in [-0.4, -0.2) is 0 Å². The molecule has 0 fully saturated rings. The molecule has 0 N–H and O–H groups in total. The molecule has 8 aromatic carbocycles. The van der Waals surface area contributed by atoms with Gasteiger partial charge in [-0.3, -0.25) is 0 Å². The highest BCUT2D eigenvalue weighted by molar-refractivity contribution is 6.21. The van der Waals surface area contributed by atoms with Gasteiger partial charge in [-0.15, -0.1) is 0 Å². The predicted molar refractivity (Wildman–Crippen MR) is 181 cm³/mol. The molecule has 42 heavy (non-hydrogen) atoms. The summed E-state index contributed by atoms with van der Waals surface area (Å²) in [5, 5.41) is 2.99. The summed E-state index contributed by atoms with van der Waals surface area (Å²) in [6.45, 7) is 0. The van der Waals surface area contributed by atoms with E-state index in [0.29, 0.717) is 22.3 Å². The van der Waals surface area contributed by atoms with Crippen LogP contribution in [0.4, 0.5) is 0 Å². The van der Waals surface area contributed by atoms with Crippen molar-refractivity contribution in [2.24, 2.45) is 0 Å². The van der Waals surface area contributed by atoms with Crippen molar-refractivity contribution in [3.63, 3.8) is 0 Å². The lowest BCUT2D eigenvalue weighted by molar-refractivity contribution is 1.61. The van der Waals surface area contributed by atoms with Gasteiger partial charge in [0.25, 0.3) is 0 Å². The summed E-state index contributed by atoms with van der Waals surface area (Å²) in [7, 11) is 0. The third kappa shape index (κ3) is 4.08. The molecule has 0 aliphatic heterocycles. The number of benzene rings is 8. The van der Waals surface area contributed by atoms with Crippen LogP contribution in [0.3, 0.4) is 0 Å². The first-order chi connectivity index (χ1) is 24.2. The van der Waals surface area contributed by atoms with E-state index in [1.54, 1.807) is 0 Å². The summed E-state index contributed by atoms with van der Waals surface area (Å²) >= 11 is 0. The van der Waals surface area contributed by atoms with Gasteiger partial charge in [0.05, 0.1) is 11.0 Å². The lowest BCUT2D eigenvalue weighted by Crippen LogP contribution is -1.91. The molecule has 0 aliphatic carbocycles. The van der Waals surface area contributed by atoms with Crippen molar-refractivity contribution in [2.75, 3.05) is 0 Å². The Bertz CT molecular complexity index is 2580. The zero-order valence-corrected chi connectivity index (χ0v) is 22.5. The molecule has 196 valence electrons. The van der Waals surface area contributed by atoms with Crippen molar-refractivity contribution in [3.8, 4) is 44.5 Å². The maximum atomic E-state index is 9.23. The van der Waals surface area contributed by atoms with Crippen LogP contribution in [-0.2, 0) is 0 Å². The quantitative estimate of drug-likeness (QED) is 0.195. The summed E-state index contributed by atoms with van der Waals surface area (Å²) in [4.78, 5) is 0. The van der Waals surface area contributed by atoms with Gasteiger partial charge >= 0.3 is 0 Å². The minimum atomic E-state index is -0.416. The Balaban J connectivity index is 1.51. The highest BCUT2D eigenvalue weighted by Crippen LogP contribution is 2.44. The Morgan fingerprint density at radius 3 is 1.52 bits per heavy atom. The Morgan fingerprint density at radius 1 is 0.333 bits per heavy atom. The first kappa shape index (κ1) is 17.4. The molecule has 0 saturated heterocycles. The van der Waals surface area contributed by atoms with Crippen molar-refractivity contribution in [3.05, 3.63) is 170 Å². The first-order valence-corrected chi connectivity index (χ1v) is 13.9. The van der Waals surface area contributed by atoms with Crippen LogP contribution in [0, 0.1) is 0 Å². The molecule has 0 unspecified atom stereocenters. The third-order valence-electron chi connectivity index (χ3n) is 7.91. The van der Waals surface area contributed by atoms with Gasteiger partial charge in [-0.25, -0.2) is 0 Å². The van der Waals surface area contributed by atoms with Crippen LogP contribution < -0.4 is 0 Å². The minimum absolute atomic E-state index is 0.201. The molecule has 0 saturated carbocycles. The summed E-state index contributed by atoms with van der Waals surface area (Å²) in [6.07, 6.45) is 0. The van der Waals surface area contributed by atoms with E-state index in [0.717, 1.165) is 33.0 Å². The van der Waals surface area contributed by atoms with E-state index in [1.165, 1.54) is 0 Å². The lowest BCUT2D eigenvalue weighted by Gasteiger charge is -2.18. The Labute approximate surface area is 257 Å². The van der Waals surface area contributed by atoms with Crippen LogP contribution in [0.2, 0.25) is 0 Å². The highest BCUT2D eigenvalue weighted by atomic mass is 14.2. The van der Waals surface area contributed by atoms with E-state index in [2.05, 4.69) is 18.2 Å². The summed E-state index contributed by atoms with van der Waals surface area (Å²) in [5.41, 5.74) is 5.59. The van der Waals surface area contributed by atoms with Crippen LogP contribution in [0.15, 0.2) is 170 Å². The van der Waals surface area contributed by atoms with Crippen molar-refractivity contribution < 1.29 is 11.0 Å². The molecule has 8 aromatic rings. The standard InChI is InChI=1S/C42H28/c1-2-12-29(13-3-1)33-16-10-17-34(28-33)42-39-21-8-6-19-37(39)41(38-20-7-9-22-40(38)42)32-26-24-31(25-27-32)36-23-11-15-30-14-4-5-18-35(30)36/h1-28H/i6D,7D,8D,9D,19D,20D,21D,22D. The molecule has 0 nitrogen and oxygen atoms in total. The summed E-state index contributed by atoms with van der Waals surface area (Å²) < 4.78 is 71.7. The largest absolute Gasteiger partial charge is 0.0629 e. The van der Waals surface area contributed by atoms with Crippen LogP contribution >= 0.6 is 0 Å². The fourth-order valence-corrected chi connectivity index (χ4v) is 5.98. The molecular weight excluding hydrogens is 504 g/mol. The topological polar surface area (TPSA) is 0 Å². The average molecular weight is 541 g/mol. The Hall–Kier alpha value is -5.46. The maximum Gasteiger partial charge on any atom is 0.0629 e. The molecule has 0 atom stereocenters. The number of hydrogen-bond acceptors (Lipinski definition) is 0. The third-order valence-corrected chi connectivity index (χ3v) is 7.91. The van der Waals surface area contributed by atoms with Gasteiger partial charge in [0.2, 0.25) is 0 Å². The van der Waals surface area contributed by atoms with E-state index in [-0.39, 0.29) is 45.7 Å². The van der Waals surface area contributed by atoms with Gasteiger partial charge in [0.1, 0.15) is 0 Å². The fourth-order valence-electron chi connectivity index (χ4n) is 5.98. The van der Waals surface area contributed by atoms with E-state index in [4.69, 9.17) is 5.48 Å². The molecular formula is C42H28. The average Bonchev–Trinajstić information content (AvgIpc) is 3.16. The Morgan fingerprint density at radius 2 is 0.833 bits per heavy atom. The highest BCUT2D eigenvalue weighted by Gasteiger charge is 2.17. The van der Waals surface area contributed by atoms with Gasteiger partial charge in [-0.2, -0.15) is 0 Å². The summed E-state index contributed by atoms with van der Waals surface area (Å²) in [5.74, 6) is 0. The van der Waals surface area contributed by atoms with Gasteiger partial charge < -0.3 is 0 Å². The van der Waals surface area contributed by atoms with Gasteiger partial charge in [-0.1, -0.05) is 164 Å². The molecule has 0 aliphatic rings. The SMILES string of the molecule is [2H]c1c([2H])c([2H])c2c(-c3cccc(-c4ccccc4)c3)c3c([2H])c([2H])c([2H])c([2H])c3c(-c3ccc(-c4cccc5ccccc45)cc3)c2c1[2H]. The molecule has 0 radical (unpaired) electrons. The zero-order valence-electron chi connectivity index (χ0n) is 30.5. The normalized spacial score (nSPS) is 14.0. The minimum Gasteiger partial charge on any atom is -0.0622 e. The van der Waals surface area contributed by atoms with E-state index in [9.17, 15) is 5.48 Å². The molecule has 0 amide bonds. The van der Waals surface area contributed by atoms with Crippen molar-refractivity contribution >= 4 is 32.3 Å². The van der Waals surface area contributed by atoms with Gasteiger partial charge in [-0.05, 0) is 82.9 Å². The van der Waals surface area contributed by atoms with E-state index in [1.807, 2.05) is 103 Å². The van der Waals surface area contributed by atoms with E-state index >= 15 is 0 Å². The molecule has 0 bridgehead atoms. The molecule has 0 spiro atoms. The van der Waals surface area contributed by atoms with Crippen molar-refractivity contribution in [1.82, 2.24) is 0 Å². The second-order valence-corrected chi connectivity index (χ2v) is 10.3. The smallest absolute Gasteiger partial charge is 0.0622 e. The zero-order chi connectivity index (χ0) is 34.8. The Kier molecular flexibility index (Phi) is 4.21. The predicted octanol–water partition coefficient (Wildman–Crippen LogP) is 11.8. The molecule has 0 heterocycles. The monoisotopic (exact) mass is 540 g/mol. The van der Waals surface area contributed by atoms with Crippen molar-refractivity contribution in [2.45, 2.75) is 0 Å². The van der Waals surface area contributed by atoms with Crippen LogP contribution in [0.1, 0.15) is 11.0 Å². The second-order valence-electron chi connectivity index (χ2n) is 10.3. The number of fused-ring (bicyclic) bond motifs is 3. The number of rotatable bonds is 4. The van der Waals surface area contributed by atoms with Gasteiger partial charge in [0.15, 0.2) is 0 Å². The molecule has 0 heteroatoms. The maximum absolute atomic E-state index is 9.23. The second kappa shape index (κ2) is 10.2. The molecule has 0 aromatic heterocycles. The van der Waals surface area contributed by atoms with Crippen LogP contribution in [0.5, 0.6) is 0 Å². The number of hydrogen-bond donors (Lipinski definition) is 0. The fraction of sp³-hybridized carbons (Fsp3) is 0. The summed E-state index contributed by atoms with van der Waals surface area (Å²) in [6, 6.07) is 36.3. The van der Waals surface area contributed by atoms with Crippen molar-refractivity contribution in [1.29, 1.82) is 0 Å². The van der Waals surface area contributed by atoms with Crippen LogP contribution in [0.25, 0.3) is 76.8 Å². The first-order valence-electron chi connectivity index (χ1n) is 17.9. The lowest BCUT2D eigenvalue weighted by atomic mass is 9.85. The van der Waals surface area contributed by atoms with Gasteiger partial charge in [0, 0.05) is 0 Å². The molecule has 8 rings (SSSR count). The van der Waals surface area contributed by atoms with E-state index < -0.39 is 24.2 Å².